The van der Waals surface area contributed by atoms with Crippen molar-refractivity contribution >= 4 is 11.7 Å². The van der Waals surface area contributed by atoms with Crippen molar-refractivity contribution in [2.45, 2.75) is 18.4 Å². The van der Waals surface area contributed by atoms with Gasteiger partial charge in [-0.25, -0.2) is 4.98 Å². The highest BCUT2D eigenvalue weighted by molar-refractivity contribution is 5.92. The maximum atomic E-state index is 12.9. The number of morpholine rings is 1. The summed E-state index contributed by atoms with van der Waals surface area (Å²) in [6.07, 6.45) is 9.06. The third-order valence-corrected chi connectivity index (χ3v) is 5.11. The molecule has 0 aromatic carbocycles. The van der Waals surface area contributed by atoms with Crippen molar-refractivity contribution in [2.24, 2.45) is 7.05 Å². The molecule has 1 unspecified atom stereocenters. The Labute approximate surface area is 147 Å². The monoisotopic (exact) mass is 341 g/mol. The van der Waals surface area contributed by atoms with Gasteiger partial charge in [0.1, 0.15) is 17.1 Å². The van der Waals surface area contributed by atoms with Crippen molar-refractivity contribution in [1.29, 1.82) is 0 Å². The molecule has 2 aliphatic heterocycles. The van der Waals surface area contributed by atoms with Gasteiger partial charge in [0.15, 0.2) is 0 Å². The Bertz CT molecular complexity index is 743. The molecule has 0 aliphatic carbocycles. The highest BCUT2D eigenvalue weighted by Crippen LogP contribution is 2.31. The van der Waals surface area contributed by atoms with Gasteiger partial charge in [-0.15, -0.1) is 0 Å². The lowest BCUT2D eigenvalue weighted by atomic mass is 9.90. The van der Waals surface area contributed by atoms with Crippen LogP contribution in [0, 0.1) is 0 Å². The van der Waals surface area contributed by atoms with Crippen LogP contribution in [-0.2, 0) is 11.8 Å². The van der Waals surface area contributed by atoms with E-state index in [-0.39, 0.29) is 11.5 Å². The van der Waals surface area contributed by atoms with Crippen LogP contribution in [0.4, 0.5) is 5.82 Å². The zero-order chi connectivity index (χ0) is 17.3. The lowest BCUT2D eigenvalue weighted by Crippen LogP contribution is -2.61. The Morgan fingerprint density at radius 1 is 1.28 bits per heavy atom. The third-order valence-electron chi connectivity index (χ3n) is 5.11. The van der Waals surface area contributed by atoms with Crippen LogP contribution in [0.3, 0.4) is 0 Å². The molecular weight excluding hydrogens is 318 g/mol. The fraction of sp³-hybridized carbons (Fsp3) is 0.500. The number of carbonyl (C=O) groups is 1. The lowest BCUT2D eigenvalue weighted by molar-refractivity contribution is -0.105. The zero-order valence-corrected chi connectivity index (χ0v) is 14.5. The minimum Gasteiger partial charge on any atom is -0.369 e. The van der Waals surface area contributed by atoms with E-state index in [0.717, 1.165) is 37.4 Å². The topological polar surface area (TPSA) is 63.5 Å². The fourth-order valence-electron chi connectivity index (χ4n) is 3.86. The summed E-state index contributed by atoms with van der Waals surface area (Å²) in [6.45, 7) is 3.51. The Kier molecular flexibility index (Phi) is 4.17. The zero-order valence-electron chi connectivity index (χ0n) is 14.5. The van der Waals surface area contributed by atoms with Gasteiger partial charge in [0.25, 0.3) is 5.91 Å². The fourth-order valence-corrected chi connectivity index (χ4v) is 3.86. The smallest absolute Gasteiger partial charge is 0.270 e. The van der Waals surface area contributed by atoms with Crippen LogP contribution in [0.15, 0.2) is 36.9 Å². The molecule has 2 aromatic rings. The number of ether oxygens (including phenoxy) is 1. The summed E-state index contributed by atoms with van der Waals surface area (Å²) in [5.74, 6) is 0.947. The average Bonchev–Trinajstić information content (AvgIpc) is 3.08. The molecule has 7 nitrogen and oxygen atoms in total. The van der Waals surface area contributed by atoms with Gasteiger partial charge in [-0.3, -0.25) is 9.78 Å². The molecule has 25 heavy (non-hydrogen) atoms. The second-order valence-corrected chi connectivity index (χ2v) is 6.85. The molecule has 4 rings (SSSR count). The summed E-state index contributed by atoms with van der Waals surface area (Å²) in [6, 6.07) is 3.77. The summed E-state index contributed by atoms with van der Waals surface area (Å²) in [4.78, 5) is 25.6. The van der Waals surface area contributed by atoms with Gasteiger partial charge in [-0.1, -0.05) is 0 Å². The molecule has 2 fully saturated rings. The van der Waals surface area contributed by atoms with Crippen molar-refractivity contribution < 1.29 is 9.53 Å². The standard InChI is InChI=1S/C18H23N5O2/c1-21-8-2-4-15(21)17(24)23-10-11-25-18(14-23)5-3-9-22(13-18)16-12-19-6-7-20-16/h2,4,6-8,12H,3,5,9-11,13-14H2,1H3. The molecule has 0 bridgehead atoms. The van der Waals surface area contributed by atoms with Gasteiger partial charge in [-0.2, -0.15) is 0 Å². The van der Waals surface area contributed by atoms with E-state index in [2.05, 4.69) is 14.9 Å². The van der Waals surface area contributed by atoms with E-state index < -0.39 is 0 Å². The number of rotatable bonds is 2. The number of aromatic nitrogens is 3. The van der Waals surface area contributed by atoms with Gasteiger partial charge in [-0.05, 0) is 25.0 Å². The van der Waals surface area contributed by atoms with E-state index in [1.807, 2.05) is 34.8 Å². The minimum atomic E-state index is -0.325. The first kappa shape index (κ1) is 16.1. The number of piperidine rings is 1. The molecule has 2 saturated heterocycles. The average molecular weight is 341 g/mol. The van der Waals surface area contributed by atoms with Crippen LogP contribution >= 0.6 is 0 Å². The number of nitrogens with zero attached hydrogens (tertiary/aromatic N) is 5. The SMILES string of the molecule is Cn1cccc1C(=O)N1CCOC2(CCCN(c3cnccn3)C2)C1. The number of amides is 1. The van der Waals surface area contributed by atoms with Gasteiger partial charge in [0, 0.05) is 38.7 Å². The van der Waals surface area contributed by atoms with Crippen LogP contribution < -0.4 is 4.90 Å². The highest BCUT2D eigenvalue weighted by atomic mass is 16.5. The summed E-state index contributed by atoms with van der Waals surface area (Å²) in [5, 5.41) is 0. The highest BCUT2D eigenvalue weighted by Gasteiger charge is 2.42. The van der Waals surface area contributed by atoms with Crippen molar-refractivity contribution in [1.82, 2.24) is 19.4 Å². The van der Waals surface area contributed by atoms with Crippen LogP contribution in [0.5, 0.6) is 0 Å². The van der Waals surface area contributed by atoms with Gasteiger partial charge in [0.05, 0.1) is 25.9 Å². The molecule has 1 amide bonds. The first-order chi connectivity index (χ1) is 12.2. The van der Waals surface area contributed by atoms with E-state index in [1.54, 1.807) is 18.6 Å². The van der Waals surface area contributed by atoms with Crippen LogP contribution in [0.2, 0.25) is 0 Å². The maximum Gasteiger partial charge on any atom is 0.270 e. The Morgan fingerprint density at radius 3 is 2.96 bits per heavy atom. The summed E-state index contributed by atoms with van der Waals surface area (Å²) in [7, 11) is 1.90. The number of aryl methyl sites for hydroxylation is 1. The van der Waals surface area contributed by atoms with Crippen molar-refractivity contribution in [2.75, 3.05) is 37.7 Å². The van der Waals surface area contributed by atoms with E-state index in [9.17, 15) is 4.79 Å². The molecular formula is C18H23N5O2. The molecule has 0 saturated carbocycles. The third kappa shape index (κ3) is 3.11. The van der Waals surface area contributed by atoms with Crippen molar-refractivity contribution in [3.05, 3.63) is 42.6 Å². The predicted molar refractivity (Wildman–Crippen MR) is 93.5 cm³/mol. The summed E-state index contributed by atoms with van der Waals surface area (Å²) in [5.41, 5.74) is 0.396. The summed E-state index contributed by atoms with van der Waals surface area (Å²) >= 11 is 0. The molecule has 2 aromatic heterocycles. The Balaban J connectivity index is 1.51. The molecule has 7 heteroatoms. The number of hydrogen-bond acceptors (Lipinski definition) is 5. The van der Waals surface area contributed by atoms with Gasteiger partial charge >= 0.3 is 0 Å². The van der Waals surface area contributed by atoms with E-state index in [0.29, 0.717) is 19.7 Å². The van der Waals surface area contributed by atoms with Gasteiger partial charge in [0.2, 0.25) is 0 Å². The largest absolute Gasteiger partial charge is 0.369 e. The number of hydrogen-bond donors (Lipinski definition) is 0. The second-order valence-electron chi connectivity index (χ2n) is 6.85. The molecule has 4 heterocycles. The number of carbonyl (C=O) groups excluding carboxylic acids is 1. The molecule has 0 N–H and O–H groups in total. The molecule has 132 valence electrons. The summed E-state index contributed by atoms with van der Waals surface area (Å²) < 4.78 is 8.07. The van der Waals surface area contributed by atoms with E-state index in [4.69, 9.17) is 4.74 Å². The van der Waals surface area contributed by atoms with Gasteiger partial charge < -0.3 is 19.1 Å². The Morgan fingerprint density at radius 2 is 2.20 bits per heavy atom. The molecule has 1 atom stereocenters. The quantitative estimate of drug-likeness (QED) is 0.824. The minimum absolute atomic E-state index is 0.0757. The van der Waals surface area contributed by atoms with E-state index >= 15 is 0 Å². The number of anilines is 1. The predicted octanol–water partition coefficient (Wildman–Crippen LogP) is 1.33. The van der Waals surface area contributed by atoms with E-state index in [1.165, 1.54) is 0 Å². The lowest BCUT2D eigenvalue weighted by Gasteiger charge is -2.48. The molecule has 1 spiro atoms. The van der Waals surface area contributed by atoms with Crippen LogP contribution in [-0.4, -0.2) is 63.7 Å². The Hall–Kier alpha value is -2.41. The van der Waals surface area contributed by atoms with Crippen molar-refractivity contribution in [3.63, 3.8) is 0 Å². The maximum absolute atomic E-state index is 12.9. The normalized spacial score (nSPS) is 23.9. The molecule has 2 aliphatic rings. The first-order valence-corrected chi connectivity index (χ1v) is 8.72. The van der Waals surface area contributed by atoms with Crippen molar-refractivity contribution in [3.8, 4) is 0 Å². The van der Waals surface area contributed by atoms with Crippen LogP contribution in [0.1, 0.15) is 23.3 Å². The van der Waals surface area contributed by atoms with Crippen LogP contribution in [0.25, 0.3) is 0 Å². The first-order valence-electron chi connectivity index (χ1n) is 8.72. The molecule has 0 radical (unpaired) electrons. The second kappa shape index (κ2) is 6.48.